The molecule has 0 amide bonds. The smallest absolute Gasteiger partial charge is 0.184 e. The summed E-state index contributed by atoms with van der Waals surface area (Å²) in [6.07, 6.45) is 3.21. The summed E-state index contributed by atoms with van der Waals surface area (Å²) in [5.41, 5.74) is 1.86. The van der Waals surface area contributed by atoms with Crippen LogP contribution in [0.25, 0.3) is 11.0 Å². The number of alkyl halides is 1. The van der Waals surface area contributed by atoms with Gasteiger partial charge < -0.3 is 4.57 Å². The summed E-state index contributed by atoms with van der Waals surface area (Å²) in [5, 5.41) is 0. The summed E-state index contributed by atoms with van der Waals surface area (Å²) in [5.74, 6) is -1.30. The minimum Gasteiger partial charge on any atom is -0.318 e. The van der Waals surface area contributed by atoms with E-state index in [0.717, 1.165) is 11.8 Å². The Morgan fingerprint density at radius 1 is 1.19 bits per heavy atom. The second-order valence-electron chi connectivity index (χ2n) is 4.63. The van der Waals surface area contributed by atoms with E-state index in [4.69, 9.17) is 11.6 Å². The number of rotatable bonds is 3. The third-order valence-corrected chi connectivity index (χ3v) is 3.39. The van der Waals surface area contributed by atoms with Crippen LogP contribution < -0.4 is 0 Å². The molecule has 4 nitrogen and oxygen atoms in total. The molecular weight excluding hydrogens is 298 g/mol. The number of imidazole rings is 1. The van der Waals surface area contributed by atoms with E-state index in [0.29, 0.717) is 17.0 Å². The minimum atomic E-state index is -0.934. The quantitative estimate of drug-likeness (QED) is 0.698. The summed E-state index contributed by atoms with van der Waals surface area (Å²) in [6.45, 7) is 2.05. The molecule has 0 aliphatic heterocycles. The van der Waals surface area contributed by atoms with Gasteiger partial charge in [-0.05, 0) is 19.1 Å². The van der Waals surface area contributed by atoms with E-state index >= 15 is 0 Å². The molecule has 108 valence electrons. The second kappa shape index (κ2) is 5.37. The molecule has 7 heteroatoms. The maximum absolute atomic E-state index is 14.1. The van der Waals surface area contributed by atoms with Gasteiger partial charge in [0.05, 0.1) is 35.5 Å². The average Bonchev–Trinajstić information content (AvgIpc) is 2.84. The van der Waals surface area contributed by atoms with Gasteiger partial charge in [0.1, 0.15) is 11.3 Å². The lowest BCUT2D eigenvalue weighted by Crippen LogP contribution is -2.07. The van der Waals surface area contributed by atoms with Gasteiger partial charge in [-0.1, -0.05) is 0 Å². The van der Waals surface area contributed by atoms with Crippen molar-refractivity contribution < 1.29 is 8.78 Å². The fourth-order valence-electron chi connectivity index (χ4n) is 2.14. The Labute approximate surface area is 124 Å². The predicted molar refractivity (Wildman–Crippen MR) is 75.1 cm³/mol. The third-order valence-electron chi connectivity index (χ3n) is 3.15. The maximum atomic E-state index is 14.1. The standard InChI is InChI=1S/C14H11ClF2N4/c1-8-5-19-9(6-18-8)7-21-12(4-15)20-11-3-2-10(16)13(17)14(11)21/h2-3,5-6H,4,7H2,1H3. The lowest BCUT2D eigenvalue weighted by atomic mass is 10.3. The first-order valence-corrected chi connectivity index (χ1v) is 6.80. The molecule has 0 saturated heterocycles. The van der Waals surface area contributed by atoms with E-state index in [-0.39, 0.29) is 17.9 Å². The highest BCUT2D eigenvalue weighted by molar-refractivity contribution is 6.16. The van der Waals surface area contributed by atoms with Crippen LogP contribution >= 0.6 is 11.6 Å². The highest BCUT2D eigenvalue weighted by Gasteiger charge is 2.17. The molecule has 0 N–H and O–H groups in total. The molecule has 0 atom stereocenters. The van der Waals surface area contributed by atoms with Crippen LogP contribution in [0.4, 0.5) is 8.78 Å². The van der Waals surface area contributed by atoms with E-state index in [1.807, 2.05) is 6.92 Å². The first-order valence-electron chi connectivity index (χ1n) is 6.26. The van der Waals surface area contributed by atoms with Crippen LogP contribution in [0.3, 0.4) is 0 Å². The van der Waals surface area contributed by atoms with Crippen LogP contribution in [0.5, 0.6) is 0 Å². The highest BCUT2D eigenvalue weighted by Crippen LogP contribution is 2.23. The molecule has 2 aromatic heterocycles. The van der Waals surface area contributed by atoms with Crippen molar-refractivity contribution >= 4 is 22.6 Å². The van der Waals surface area contributed by atoms with Crippen molar-refractivity contribution in [3.63, 3.8) is 0 Å². The van der Waals surface area contributed by atoms with E-state index in [1.54, 1.807) is 12.4 Å². The molecule has 0 bridgehead atoms. The number of fused-ring (bicyclic) bond motifs is 1. The first-order chi connectivity index (χ1) is 10.1. The van der Waals surface area contributed by atoms with Crippen LogP contribution in [0.2, 0.25) is 0 Å². The summed E-state index contributed by atoms with van der Waals surface area (Å²) >= 11 is 5.85. The number of benzene rings is 1. The number of hydrogen-bond acceptors (Lipinski definition) is 3. The van der Waals surface area contributed by atoms with Crippen LogP contribution in [-0.2, 0) is 12.4 Å². The minimum absolute atomic E-state index is 0.0908. The van der Waals surface area contributed by atoms with Crippen LogP contribution in [0.15, 0.2) is 24.5 Å². The van der Waals surface area contributed by atoms with Crippen molar-refractivity contribution in [2.75, 3.05) is 0 Å². The number of aryl methyl sites for hydroxylation is 1. The molecule has 0 aliphatic carbocycles. The zero-order valence-electron chi connectivity index (χ0n) is 11.1. The Hall–Kier alpha value is -2.08. The van der Waals surface area contributed by atoms with Crippen molar-refractivity contribution in [1.29, 1.82) is 0 Å². The third kappa shape index (κ3) is 2.47. The maximum Gasteiger partial charge on any atom is 0.184 e. The highest BCUT2D eigenvalue weighted by atomic mass is 35.5. The topological polar surface area (TPSA) is 43.6 Å². The van der Waals surface area contributed by atoms with E-state index in [2.05, 4.69) is 15.0 Å². The summed E-state index contributed by atoms with van der Waals surface area (Å²) < 4.78 is 29.0. The van der Waals surface area contributed by atoms with E-state index in [1.165, 1.54) is 10.6 Å². The van der Waals surface area contributed by atoms with Crippen LogP contribution in [0, 0.1) is 18.6 Å². The Kier molecular flexibility index (Phi) is 3.55. The lowest BCUT2D eigenvalue weighted by Gasteiger charge is -2.08. The number of hydrogen-bond donors (Lipinski definition) is 0. The summed E-state index contributed by atoms with van der Waals surface area (Å²) in [7, 11) is 0. The predicted octanol–water partition coefficient (Wildman–Crippen LogP) is 3.20. The fourth-order valence-corrected chi connectivity index (χ4v) is 2.34. The fraction of sp³-hybridized carbons (Fsp3) is 0.214. The van der Waals surface area contributed by atoms with Crippen LogP contribution in [0.1, 0.15) is 17.2 Å². The van der Waals surface area contributed by atoms with Gasteiger partial charge in [0, 0.05) is 6.20 Å². The molecule has 3 rings (SSSR count). The second-order valence-corrected chi connectivity index (χ2v) is 4.89. The van der Waals surface area contributed by atoms with Gasteiger partial charge in [-0.3, -0.25) is 9.97 Å². The van der Waals surface area contributed by atoms with Crippen LogP contribution in [-0.4, -0.2) is 19.5 Å². The molecule has 0 aliphatic rings. The zero-order chi connectivity index (χ0) is 15.0. The van der Waals surface area contributed by atoms with Crippen molar-refractivity contribution in [2.24, 2.45) is 0 Å². The summed E-state index contributed by atoms with van der Waals surface area (Å²) in [6, 6.07) is 2.49. The van der Waals surface area contributed by atoms with Crippen molar-refractivity contribution in [1.82, 2.24) is 19.5 Å². The largest absolute Gasteiger partial charge is 0.318 e. The molecule has 3 aromatic rings. The number of halogens is 3. The molecule has 1 aromatic carbocycles. The lowest BCUT2D eigenvalue weighted by molar-refractivity contribution is 0.511. The molecule has 0 saturated carbocycles. The van der Waals surface area contributed by atoms with Gasteiger partial charge in [-0.15, -0.1) is 11.6 Å². The van der Waals surface area contributed by atoms with Crippen molar-refractivity contribution in [3.8, 4) is 0 Å². The normalized spacial score (nSPS) is 11.2. The molecule has 2 heterocycles. The molecule has 0 fully saturated rings. The zero-order valence-corrected chi connectivity index (χ0v) is 11.9. The number of nitrogens with zero attached hydrogens (tertiary/aromatic N) is 4. The Morgan fingerprint density at radius 2 is 2.00 bits per heavy atom. The SMILES string of the molecule is Cc1cnc(Cn2c(CCl)nc3ccc(F)c(F)c32)cn1. The summed E-state index contributed by atoms with van der Waals surface area (Å²) in [4.78, 5) is 12.6. The number of aromatic nitrogens is 4. The molecule has 21 heavy (non-hydrogen) atoms. The van der Waals surface area contributed by atoms with Crippen molar-refractivity contribution in [2.45, 2.75) is 19.3 Å². The molecule has 0 radical (unpaired) electrons. The Bertz CT molecular complexity index is 799. The average molecular weight is 309 g/mol. The van der Waals surface area contributed by atoms with Gasteiger partial charge in [-0.2, -0.15) is 0 Å². The van der Waals surface area contributed by atoms with Gasteiger partial charge in [0.25, 0.3) is 0 Å². The van der Waals surface area contributed by atoms with E-state index in [9.17, 15) is 8.78 Å². The van der Waals surface area contributed by atoms with Gasteiger partial charge in [0.2, 0.25) is 0 Å². The first kappa shape index (κ1) is 13.9. The van der Waals surface area contributed by atoms with E-state index < -0.39 is 11.6 Å². The monoisotopic (exact) mass is 308 g/mol. The van der Waals surface area contributed by atoms with Gasteiger partial charge >= 0.3 is 0 Å². The molecular formula is C14H11ClF2N4. The van der Waals surface area contributed by atoms with Gasteiger partial charge in [0.15, 0.2) is 11.6 Å². The molecule has 0 spiro atoms. The van der Waals surface area contributed by atoms with Crippen molar-refractivity contribution in [3.05, 3.63) is 53.4 Å². The Balaban J connectivity index is 2.15. The molecule has 0 unspecified atom stereocenters. The Morgan fingerprint density at radius 3 is 2.67 bits per heavy atom. The van der Waals surface area contributed by atoms with Gasteiger partial charge in [-0.25, -0.2) is 13.8 Å².